The zero-order chi connectivity index (χ0) is 19.7. The molecule has 1 saturated heterocycles. The molecule has 0 unspecified atom stereocenters. The first-order chi connectivity index (χ1) is 13.6. The summed E-state index contributed by atoms with van der Waals surface area (Å²) in [4.78, 5) is 31.1. The average Bonchev–Trinajstić information content (AvgIpc) is 3.25. The molecule has 28 heavy (non-hydrogen) atoms. The van der Waals surface area contributed by atoms with Crippen LogP contribution < -0.4 is 10.2 Å². The first kappa shape index (κ1) is 18.2. The van der Waals surface area contributed by atoms with Crippen molar-refractivity contribution in [3.63, 3.8) is 0 Å². The van der Waals surface area contributed by atoms with E-state index in [1.807, 2.05) is 65.8 Å². The number of carbonyl (C=O) groups is 2. The van der Waals surface area contributed by atoms with E-state index in [0.29, 0.717) is 6.42 Å². The van der Waals surface area contributed by atoms with Gasteiger partial charge in [0.2, 0.25) is 11.8 Å². The van der Waals surface area contributed by atoms with Gasteiger partial charge in [-0.15, -0.1) is 0 Å². The minimum atomic E-state index is -0.0951. The van der Waals surface area contributed by atoms with Gasteiger partial charge in [-0.1, -0.05) is 19.1 Å². The number of fused-ring (bicyclic) bond motifs is 1. The van der Waals surface area contributed by atoms with Crippen LogP contribution in [0.25, 0.3) is 11.0 Å². The van der Waals surface area contributed by atoms with Gasteiger partial charge in [0.1, 0.15) is 12.4 Å². The number of nitrogens with one attached hydrogen (secondary N) is 1. The standard InChI is InChI=1S/C22H24N4O2/c1-3-20-24-17-7-4-5-8-19(17)26(20)14-21(27)23-16-10-11-18(15(2)13-16)25-12-6-9-22(25)28/h4-5,7-8,10-11,13H,3,6,9,12,14H2,1-2H3,(H,23,27). The number of nitrogens with zero attached hydrogens (tertiary/aromatic N) is 3. The fourth-order valence-corrected chi connectivity index (χ4v) is 3.85. The molecule has 1 aliphatic heterocycles. The summed E-state index contributed by atoms with van der Waals surface area (Å²) in [5.74, 6) is 0.969. The summed E-state index contributed by atoms with van der Waals surface area (Å²) in [6.07, 6.45) is 2.27. The smallest absolute Gasteiger partial charge is 0.244 e. The minimum Gasteiger partial charge on any atom is -0.325 e. The first-order valence-electron chi connectivity index (χ1n) is 9.72. The van der Waals surface area contributed by atoms with Crippen LogP contribution in [0.3, 0.4) is 0 Å². The predicted octanol–water partition coefficient (Wildman–Crippen LogP) is 3.67. The van der Waals surface area contributed by atoms with Crippen LogP contribution in [0.4, 0.5) is 11.4 Å². The molecule has 2 amide bonds. The fraction of sp³-hybridized carbons (Fsp3) is 0.318. The zero-order valence-corrected chi connectivity index (χ0v) is 16.2. The van der Waals surface area contributed by atoms with E-state index >= 15 is 0 Å². The number of para-hydroxylation sites is 2. The number of amides is 2. The molecule has 1 aliphatic rings. The van der Waals surface area contributed by atoms with Crippen molar-refractivity contribution in [3.8, 4) is 0 Å². The summed E-state index contributed by atoms with van der Waals surface area (Å²) in [6.45, 7) is 4.99. The van der Waals surface area contributed by atoms with Gasteiger partial charge in [-0.2, -0.15) is 0 Å². The van der Waals surface area contributed by atoms with E-state index in [4.69, 9.17) is 0 Å². The van der Waals surface area contributed by atoms with E-state index in [-0.39, 0.29) is 18.4 Å². The van der Waals surface area contributed by atoms with Crippen molar-refractivity contribution in [3.05, 3.63) is 53.9 Å². The maximum atomic E-state index is 12.7. The number of imidazole rings is 1. The molecule has 2 heterocycles. The highest BCUT2D eigenvalue weighted by Gasteiger charge is 2.23. The van der Waals surface area contributed by atoms with Crippen molar-refractivity contribution in [2.45, 2.75) is 39.7 Å². The van der Waals surface area contributed by atoms with Crippen LogP contribution in [0.1, 0.15) is 31.2 Å². The van der Waals surface area contributed by atoms with E-state index < -0.39 is 0 Å². The molecule has 6 heteroatoms. The molecule has 1 fully saturated rings. The van der Waals surface area contributed by atoms with Crippen molar-refractivity contribution >= 4 is 34.2 Å². The molecule has 1 N–H and O–H groups in total. The Bertz CT molecular complexity index is 1050. The summed E-state index contributed by atoms with van der Waals surface area (Å²) in [5.41, 5.74) is 4.52. The van der Waals surface area contributed by atoms with Crippen LogP contribution in [0.15, 0.2) is 42.5 Å². The highest BCUT2D eigenvalue weighted by atomic mass is 16.2. The predicted molar refractivity (Wildman–Crippen MR) is 111 cm³/mol. The van der Waals surface area contributed by atoms with Gasteiger partial charge >= 0.3 is 0 Å². The highest BCUT2D eigenvalue weighted by molar-refractivity contribution is 5.97. The second-order valence-corrected chi connectivity index (χ2v) is 7.15. The van der Waals surface area contributed by atoms with Gasteiger partial charge in [0, 0.05) is 30.8 Å². The van der Waals surface area contributed by atoms with E-state index in [2.05, 4.69) is 10.3 Å². The lowest BCUT2D eigenvalue weighted by molar-refractivity contribution is -0.117. The number of rotatable bonds is 5. The summed E-state index contributed by atoms with van der Waals surface area (Å²) < 4.78 is 1.97. The number of hydrogen-bond donors (Lipinski definition) is 1. The Kier molecular flexibility index (Phi) is 4.86. The van der Waals surface area contributed by atoms with Gasteiger partial charge in [-0.05, 0) is 49.2 Å². The fourth-order valence-electron chi connectivity index (χ4n) is 3.85. The Balaban J connectivity index is 1.52. The van der Waals surface area contributed by atoms with Crippen LogP contribution in [0.2, 0.25) is 0 Å². The van der Waals surface area contributed by atoms with Gasteiger partial charge in [0.15, 0.2) is 0 Å². The quantitative estimate of drug-likeness (QED) is 0.739. The molecule has 0 saturated carbocycles. The molecule has 0 atom stereocenters. The third-order valence-corrected chi connectivity index (χ3v) is 5.20. The maximum absolute atomic E-state index is 12.7. The van der Waals surface area contributed by atoms with Crippen LogP contribution in [0.5, 0.6) is 0 Å². The molecule has 0 aliphatic carbocycles. The molecule has 4 rings (SSSR count). The van der Waals surface area contributed by atoms with Crippen LogP contribution in [0, 0.1) is 6.92 Å². The highest BCUT2D eigenvalue weighted by Crippen LogP contribution is 2.27. The molecular weight excluding hydrogens is 352 g/mol. The normalized spacial score (nSPS) is 14.1. The lowest BCUT2D eigenvalue weighted by Crippen LogP contribution is -2.24. The Hall–Kier alpha value is -3.15. The first-order valence-corrected chi connectivity index (χ1v) is 9.72. The lowest BCUT2D eigenvalue weighted by atomic mass is 10.1. The Morgan fingerprint density at radius 2 is 2.04 bits per heavy atom. The van der Waals surface area contributed by atoms with Gasteiger partial charge in [0.25, 0.3) is 0 Å². The number of anilines is 2. The molecule has 2 aromatic carbocycles. The van der Waals surface area contributed by atoms with Crippen molar-refractivity contribution in [2.75, 3.05) is 16.8 Å². The van der Waals surface area contributed by atoms with Crippen molar-refractivity contribution in [1.82, 2.24) is 9.55 Å². The maximum Gasteiger partial charge on any atom is 0.244 e. The monoisotopic (exact) mass is 376 g/mol. The topological polar surface area (TPSA) is 67.2 Å². The van der Waals surface area contributed by atoms with Gasteiger partial charge in [-0.3, -0.25) is 9.59 Å². The summed E-state index contributed by atoms with van der Waals surface area (Å²) in [5, 5.41) is 2.98. The zero-order valence-electron chi connectivity index (χ0n) is 16.2. The SMILES string of the molecule is CCc1nc2ccccc2n1CC(=O)Nc1ccc(N2CCCC2=O)c(C)c1. The Morgan fingerprint density at radius 3 is 2.75 bits per heavy atom. The van der Waals surface area contributed by atoms with Gasteiger partial charge in [-0.25, -0.2) is 4.98 Å². The van der Waals surface area contributed by atoms with Crippen molar-refractivity contribution in [1.29, 1.82) is 0 Å². The van der Waals surface area contributed by atoms with Crippen LogP contribution in [-0.4, -0.2) is 27.9 Å². The molecule has 0 bridgehead atoms. The molecule has 1 aromatic heterocycles. The second-order valence-electron chi connectivity index (χ2n) is 7.15. The van der Waals surface area contributed by atoms with Crippen molar-refractivity contribution in [2.24, 2.45) is 0 Å². The summed E-state index contributed by atoms with van der Waals surface area (Å²) in [6, 6.07) is 13.6. The van der Waals surface area contributed by atoms with Gasteiger partial charge < -0.3 is 14.8 Å². The number of aryl methyl sites for hydroxylation is 2. The van der Waals surface area contributed by atoms with E-state index in [0.717, 1.165) is 53.2 Å². The van der Waals surface area contributed by atoms with E-state index in [1.54, 1.807) is 0 Å². The van der Waals surface area contributed by atoms with E-state index in [9.17, 15) is 9.59 Å². The van der Waals surface area contributed by atoms with Gasteiger partial charge in [0.05, 0.1) is 11.0 Å². The van der Waals surface area contributed by atoms with Crippen LogP contribution >= 0.6 is 0 Å². The molecule has 6 nitrogen and oxygen atoms in total. The Labute approximate surface area is 164 Å². The number of carbonyl (C=O) groups excluding carboxylic acids is 2. The molecule has 3 aromatic rings. The third-order valence-electron chi connectivity index (χ3n) is 5.20. The van der Waals surface area contributed by atoms with Crippen molar-refractivity contribution < 1.29 is 9.59 Å². The number of benzene rings is 2. The van der Waals surface area contributed by atoms with Crippen LogP contribution in [-0.2, 0) is 22.6 Å². The Morgan fingerprint density at radius 1 is 1.21 bits per heavy atom. The number of hydrogen-bond acceptors (Lipinski definition) is 3. The lowest BCUT2D eigenvalue weighted by Gasteiger charge is -2.19. The molecule has 0 radical (unpaired) electrons. The summed E-state index contributed by atoms with van der Waals surface area (Å²) >= 11 is 0. The second kappa shape index (κ2) is 7.46. The number of aromatic nitrogens is 2. The minimum absolute atomic E-state index is 0.0951. The van der Waals surface area contributed by atoms with E-state index in [1.165, 1.54) is 0 Å². The molecule has 0 spiro atoms. The largest absolute Gasteiger partial charge is 0.325 e. The summed E-state index contributed by atoms with van der Waals surface area (Å²) in [7, 11) is 0. The average molecular weight is 376 g/mol. The molecule has 144 valence electrons. The molecular formula is C22H24N4O2. The third kappa shape index (κ3) is 3.38.